The summed E-state index contributed by atoms with van der Waals surface area (Å²) in [6, 6.07) is 10.6. The first-order chi connectivity index (χ1) is 19.1. The normalized spacial score (nSPS) is 11.6. The molecule has 0 heteroatoms. The number of hydrogen-bond donors (Lipinski definition) is 0. The molecule has 39 heavy (non-hydrogen) atoms. The van der Waals surface area contributed by atoms with Crippen LogP contribution < -0.4 is 0 Å². The molecular weight excluding hydrogens is 468 g/mol. The Labute approximate surface area is 244 Å². The lowest BCUT2D eigenvalue weighted by Crippen LogP contribution is -2.15. The van der Waals surface area contributed by atoms with E-state index in [-0.39, 0.29) is 0 Å². The van der Waals surface area contributed by atoms with Gasteiger partial charge in [0.15, 0.2) is 0 Å². The summed E-state index contributed by atoms with van der Waals surface area (Å²) in [5.41, 5.74) is 13.4. The smallest absolute Gasteiger partial charge is 0.00976 e. The van der Waals surface area contributed by atoms with Gasteiger partial charge in [0.2, 0.25) is 0 Å². The first-order valence-corrected chi connectivity index (χ1v) is 17.4. The molecule has 0 radical (unpaired) electrons. The average molecular weight is 533 g/mol. The third-order valence-electron chi connectivity index (χ3n) is 8.76. The fourth-order valence-electron chi connectivity index (χ4n) is 6.50. The lowest BCUT2D eigenvalue weighted by Gasteiger charge is -2.29. The predicted octanol–water partition coefficient (Wildman–Crippen LogP) is 12.3. The van der Waals surface area contributed by atoms with Crippen molar-refractivity contribution in [3.05, 3.63) is 68.8 Å². The molecule has 0 unspecified atom stereocenters. The molecule has 0 aliphatic heterocycles. The van der Waals surface area contributed by atoms with Crippen molar-refractivity contribution in [3.8, 4) is 0 Å². The van der Waals surface area contributed by atoms with Crippen molar-refractivity contribution in [1.29, 1.82) is 0 Å². The highest BCUT2D eigenvalue weighted by atomic mass is 14.3. The summed E-state index contributed by atoms with van der Waals surface area (Å²) in [6.07, 6.45) is 24.1. The second-order valence-corrected chi connectivity index (χ2v) is 12.2. The van der Waals surface area contributed by atoms with Crippen LogP contribution in [0, 0.1) is 0 Å². The first-order valence-electron chi connectivity index (χ1n) is 17.4. The van der Waals surface area contributed by atoms with Gasteiger partial charge in [0, 0.05) is 5.92 Å². The van der Waals surface area contributed by atoms with Crippen molar-refractivity contribution in [1.82, 2.24) is 0 Å². The van der Waals surface area contributed by atoms with E-state index in [1.54, 1.807) is 44.5 Å². The Bertz CT molecular complexity index is 800. The second kappa shape index (κ2) is 19.5. The molecule has 2 aromatic carbocycles. The van der Waals surface area contributed by atoms with Crippen LogP contribution in [0.1, 0.15) is 182 Å². The summed E-state index contributed by atoms with van der Waals surface area (Å²) in [5.74, 6) is 0.530. The minimum absolute atomic E-state index is 0.530. The van der Waals surface area contributed by atoms with Crippen LogP contribution in [-0.2, 0) is 38.5 Å². The summed E-state index contributed by atoms with van der Waals surface area (Å²) in [5, 5.41) is 0. The maximum atomic E-state index is 2.64. The summed E-state index contributed by atoms with van der Waals surface area (Å²) in [7, 11) is 0. The molecule has 0 amide bonds. The van der Waals surface area contributed by atoms with Gasteiger partial charge < -0.3 is 0 Å². The molecule has 0 heterocycles. The lowest BCUT2D eigenvalue weighted by atomic mass is 9.75. The SMILES string of the molecule is CCCCc1cc(CCCC)c(C(CC)c2c(CCCC)cc(CCCC)cc2CCCC)c(CCCC)c1. The summed E-state index contributed by atoms with van der Waals surface area (Å²) in [4.78, 5) is 0. The molecule has 0 aromatic heterocycles. The highest BCUT2D eigenvalue weighted by Gasteiger charge is 2.25. The molecule has 2 aromatic rings. The Kier molecular flexibility index (Phi) is 16.8. The number of aryl methyl sites for hydroxylation is 6. The van der Waals surface area contributed by atoms with Gasteiger partial charge in [-0.3, -0.25) is 0 Å². The van der Waals surface area contributed by atoms with E-state index < -0.39 is 0 Å². The molecule has 0 saturated carbocycles. The van der Waals surface area contributed by atoms with Crippen LogP contribution in [0.25, 0.3) is 0 Å². The van der Waals surface area contributed by atoms with Gasteiger partial charge in [0.1, 0.15) is 0 Å². The van der Waals surface area contributed by atoms with Crippen molar-refractivity contribution in [2.24, 2.45) is 0 Å². The highest BCUT2D eigenvalue weighted by molar-refractivity contribution is 5.52. The Morgan fingerprint density at radius 1 is 0.385 bits per heavy atom. The van der Waals surface area contributed by atoms with Crippen LogP contribution in [0.4, 0.5) is 0 Å². The van der Waals surface area contributed by atoms with E-state index in [2.05, 4.69) is 72.7 Å². The maximum Gasteiger partial charge on any atom is 0.00976 e. The van der Waals surface area contributed by atoms with Gasteiger partial charge in [-0.2, -0.15) is 0 Å². The summed E-state index contributed by atoms with van der Waals surface area (Å²) in [6.45, 7) is 16.6. The fraction of sp³-hybridized carbons (Fsp3) is 0.692. The molecular formula is C39H64. The Hall–Kier alpha value is -1.56. The highest BCUT2D eigenvalue weighted by Crippen LogP contribution is 2.40. The van der Waals surface area contributed by atoms with E-state index in [4.69, 9.17) is 0 Å². The third kappa shape index (κ3) is 10.4. The Morgan fingerprint density at radius 3 is 0.872 bits per heavy atom. The van der Waals surface area contributed by atoms with Crippen molar-refractivity contribution in [2.45, 2.75) is 176 Å². The van der Waals surface area contributed by atoms with Crippen LogP contribution in [0.15, 0.2) is 24.3 Å². The molecule has 0 aliphatic rings. The van der Waals surface area contributed by atoms with E-state index in [0.29, 0.717) is 5.92 Å². The number of benzene rings is 2. The molecule has 220 valence electrons. The Morgan fingerprint density at radius 2 is 0.641 bits per heavy atom. The quantitative estimate of drug-likeness (QED) is 0.150. The van der Waals surface area contributed by atoms with Gasteiger partial charge >= 0.3 is 0 Å². The molecule has 0 spiro atoms. The monoisotopic (exact) mass is 533 g/mol. The first kappa shape index (κ1) is 33.6. The maximum absolute atomic E-state index is 2.64. The van der Waals surface area contributed by atoms with E-state index in [9.17, 15) is 0 Å². The predicted molar refractivity (Wildman–Crippen MR) is 177 cm³/mol. The summed E-state index contributed by atoms with van der Waals surface area (Å²) >= 11 is 0. The van der Waals surface area contributed by atoms with Gasteiger partial charge in [0.05, 0.1) is 0 Å². The average Bonchev–Trinajstić information content (AvgIpc) is 2.96. The topological polar surface area (TPSA) is 0 Å². The fourth-order valence-corrected chi connectivity index (χ4v) is 6.50. The second-order valence-electron chi connectivity index (χ2n) is 12.2. The molecule has 0 bridgehead atoms. The van der Waals surface area contributed by atoms with Crippen LogP contribution in [0.3, 0.4) is 0 Å². The zero-order valence-corrected chi connectivity index (χ0v) is 27.3. The Balaban J connectivity index is 2.81. The number of hydrogen-bond acceptors (Lipinski definition) is 0. The molecule has 2 rings (SSSR count). The van der Waals surface area contributed by atoms with Gasteiger partial charge in [-0.25, -0.2) is 0 Å². The molecule has 0 nitrogen and oxygen atoms in total. The molecule has 0 fully saturated rings. The van der Waals surface area contributed by atoms with Crippen LogP contribution in [0.2, 0.25) is 0 Å². The van der Waals surface area contributed by atoms with Crippen molar-refractivity contribution < 1.29 is 0 Å². The van der Waals surface area contributed by atoms with Gasteiger partial charge in [-0.1, -0.05) is 111 Å². The number of rotatable bonds is 21. The van der Waals surface area contributed by atoms with Crippen molar-refractivity contribution in [2.75, 3.05) is 0 Å². The lowest BCUT2D eigenvalue weighted by molar-refractivity contribution is 0.682. The minimum atomic E-state index is 0.530. The third-order valence-corrected chi connectivity index (χ3v) is 8.76. The van der Waals surface area contributed by atoms with Gasteiger partial charge in [-0.15, -0.1) is 0 Å². The zero-order chi connectivity index (χ0) is 28.5. The van der Waals surface area contributed by atoms with E-state index in [1.165, 1.54) is 122 Å². The van der Waals surface area contributed by atoms with Crippen molar-refractivity contribution in [3.63, 3.8) is 0 Å². The minimum Gasteiger partial charge on any atom is -0.0654 e. The van der Waals surface area contributed by atoms with E-state index in [1.807, 2.05) is 0 Å². The molecule has 0 saturated heterocycles. The molecule has 0 N–H and O–H groups in total. The van der Waals surface area contributed by atoms with Crippen molar-refractivity contribution >= 4 is 0 Å². The van der Waals surface area contributed by atoms with Crippen LogP contribution >= 0.6 is 0 Å². The van der Waals surface area contributed by atoms with E-state index in [0.717, 1.165) is 0 Å². The standard InChI is InChI=1S/C39H64/c1-8-15-21-31-27-33(23-17-10-3)38(34(28-31)24-18-11-4)37(14-7)39-35(25-19-12-5)29-32(22-16-9-2)30-36(39)26-20-13-6/h27-30,37H,8-26H2,1-7H3. The van der Waals surface area contributed by atoms with Gasteiger partial charge in [0.25, 0.3) is 0 Å². The van der Waals surface area contributed by atoms with Gasteiger partial charge in [-0.05, 0) is 128 Å². The molecule has 0 atom stereocenters. The molecule has 0 aliphatic carbocycles. The van der Waals surface area contributed by atoms with E-state index >= 15 is 0 Å². The zero-order valence-electron chi connectivity index (χ0n) is 27.3. The van der Waals surface area contributed by atoms with Crippen LogP contribution in [-0.4, -0.2) is 0 Å². The largest absolute Gasteiger partial charge is 0.0654 e. The van der Waals surface area contributed by atoms with Crippen LogP contribution in [0.5, 0.6) is 0 Å². The summed E-state index contributed by atoms with van der Waals surface area (Å²) < 4.78 is 0. The number of unbranched alkanes of at least 4 members (excludes halogenated alkanes) is 6.